The molecule has 0 aromatic heterocycles. The molecule has 0 unspecified atom stereocenters. The standard InChI is InChI=1S/C21H21N3O4/c1-21(2,3)23-18(26)13-7-6-8-14(11-13)22-17(25)12-24-19(27)15-9-4-5-10-16(15)20(24)28/h4-11H,12H2,1-3H3,(H,22,25)(H,23,26). The van der Waals surface area contributed by atoms with Crippen molar-refractivity contribution < 1.29 is 19.2 Å². The van der Waals surface area contributed by atoms with Crippen molar-refractivity contribution >= 4 is 29.3 Å². The maximum absolute atomic E-state index is 12.4. The molecule has 0 bridgehead atoms. The maximum Gasteiger partial charge on any atom is 0.262 e. The van der Waals surface area contributed by atoms with Gasteiger partial charge in [0, 0.05) is 16.8 Å². The van der Waals surface area contributed by atoms with Crippen LogP contribution in [0.25, 0.3) is 0 Å². The Balaban J connectivity index is 1.68. The van der Waals surface area contributed by atoms with E-state index in [9.17, 15) is 19.2 Å². The topological polar surface area (TPSA) is 95.6 Å². The number of hydrogen-bond acceptors (Lipinski definition) is 4. The SMILES string of the molecule is CC(C)(C)NC(=O)c1cccc(NC(=O)CN2C(=O)c3ccccc3C2=O)c1. The minimum atomic E-state index is -0.525. The predicted molar refractivity (Wildman–Crippen MR) is 104 cm³/mol. The van der Waals surface area contributed by atoms with Gasteiger partial charge >= 0.3 is 0 Å². The molecule has 2 N–H and O–H groups in total. The number of anilines is 1. The number of carbonyl (C=O) groups is 4. The molecule has 1 aliphatic heterocycles. The Hall–Kier alpha value is -3.48. The minimum absolute atomic E-state index is 0.260. The van der Waals surface area contributed by atoms with Crippen LogP contribution in [0, 0.1) is 0 Å². The van der Waals surface area contributed by atoms with Crippen LogP contribution >= 0.6 is 0 Å². The summed E-state index contributed by atoms with van der Waals surface area (Å²) in [5.41, 5.74) is 1.00. The molecule has 4 amide bonds. The molecule has 1 heterocycles. The van der Waals surface area contributed by atoms with Crippen LogP contribution in [0.1, 0.15) is 51.8 Å². The van der Waals surface area contributed by atoms with Crippen LogP contribution in [0.2, 0.25) is 0 Å². The number of rotatable bonds is 4. The van der Waals surface area contributed by atoms with Crippen molar-refractivity contribution in [3.63, 3.8) is 0 Å². The Morgan fingerprint density at radius 1 is 0.929 bits per heavy atom. The van der Waals surface area contributed by atoms with Gasteiger partial charge in [-0.05, 0) is 51.1 Å². The zero-order chi connectivity index (χ0) is 20.5. The van der Waals surface area contributed by atoms with E-state index < -0.39 is 24.3 Å². The number of imide groups is 1. The monoisotopic (exact) mass is 379 g/mol. The van der Waals surface area contributed by atoms with Crippen LogP contribution in [0.5, 0.6) is 0 Å². The molecule has 0 saturated carbocycles. The average Bonchev–Trinajstić information content (AvgIpc) is 2.86. The van der Waals surface area contributed by atoms with Gasteiger partial charge in [0.1, 0.15) is 6.54 Å². The van der Waals surface area contributed by atoms with Gasteiger partial charge in [0.05, 0.1) is 11.1 Å². The number of nitrogens with one attached hydrogen (secondary N) is 2. The summed E-state index contributed by atoms with van der Waals surface area (Å²) in [7, 11) is 0. The lowest BCUT2D eigenvalue weighted by atomic mass is 10.1. The van der Waals surface area contributed by atoms with Crippen LogP contribution in [-0.2, 0) is 4.79 Å². The van der Waals surface area contributed by atoms with Crippen molar-refractivity contribution in [3.05, 3.63) is 65.2 Å². The third kappa shape index (κ3) is 4.09. The molecule has 0 saturated heterocycles. The highest BCUT2D eigenvalue weighted by Crippen LogP contribution is 2.22. The lowest BCUT2D eigenvalue weighted by Crippen LogP contribution is -2.40. The van der Waals surface area contributed by atoms with Gasteiger partial charge in [0.2, 0.25) is 5.91 Å². The first-order valence-corrected chi connectivity index (χ1v) is 8.83. The van der Waals surface area contributed by atoms with Gasteiger partial charge in [-0.3, -0.25) is 24.1 Å². The number of carbonyl (C=O) groups excluding carboxylic acids is 4. The quantitative estimate of drug-likeness (QED) is 0.798. The molecule has 0 atom stereocenters. The molecule has 1 aliphatic rings. The van der Waals surface area contributed by atoms with Crippen LogP contribution in [-0.4, -0.2) is 40.6 Å². The summed E-state index contributed by atoms with van der Waals surface area (Å²) >= 11 is 0. The zero-order valence-electron chi connectivity index (χ0n) is 15.9. The summed E-state index contributed by atoms with van der Waals surface area (Å²) < 4.78 is 0. The molecule has 28 heavy (non-hydrogen) atoms. The normalized spacial score (nSPS) is 13.3. The van der Waals surface area contributed by atoms with E-state index in [0.29, 0.717) is 22.4 Å². The first kappa shape index (κ1) is 19.3. The summed E-state index contributed by atoms with van der Waals surface area (Å²) in [5.74, 6) is -1.77. The fourth-order valence-electron chi connectivity index (χ4n) is 2.88. The second kappa shape index (κ2) is 7.26. The van der Waals surface area contributed by atoms with E-state index in [-0.39, 0.29) is 11.4 Å². The van der Waals surface area contributed by atoms with Gasteiger partial charge < -0.3 is 10.6 Å². The summed E-state index contributed by atoms with van der Waals surface area (Å²) in [6.07, 6.45) is 0. The second-order valence-corrected chi connectivity index (χ2v) is 7.58. The highest BCUT2D eigenvalue weighted by atomic mass is 16.2. The Labute approximate surface area is 162 Å². The van der Waals surface area contributed by atoms with E-state index in [1.807, 2.05) is 20.8 Å². The van der Waals surface area contributed by atoms with Crippen LogP contribution < -0.4 is 10.6 Å². The van der Waals surface area contributed by atoms with E-state index >= 15 is 0 Å². The van der Waals surface area contributed by atoms with Crippen LogP contribution in [0.3, 0.4) is 0 Å². The smallest absolute Gasteiger partial charge is 0.262 e. The summed E-state index contributed by atoms with van der Waals surface area (Å²) in [6.45, 7) is 5.22. The van der Waals surface area contributed by atoms with E-state index in [1.54, 1.807) is 48.5 Å². The van der Waals surface area contributed by atoms with E-state index in [2.05, 4.69) is 10.6 Å². The highest BCUT2D eigenvalue weighted by molar-refractivity contribution is 6.22. The van der Waals surface area contributed by atoms with Crippen molar-refractivity contribution in [2.45, 2.75) is 26.3 Å². The Kier molecular flexibility index (Phi) is 5.00. The lowest BCUT2D eigenvalue weighted by Gasteiger charge is -2.20. The van der Waals surface area contributed by atoms with Crippen LogP contribution in [0.15, 0.2) is 48.5 Å². The fourth-order valence-corrected chi connectivity index (χ4v) is 2.88. The highest BCUT2D eigenvalue weighted by Gasteiger charge is 2.36. The molecule has 0 radical (unpaired) electrons. The summed E-state index contributed by atoms with van der Waals surface area (Å²) in [5, 5.41) is 5.48. The third-order valence-electron chi connectivity index (χ3n) is 4.08. The fraction of sp³-hybridized carbons (Fsp3) is 0.238. The van der Waals surface area contributed by atoms with Crippen molar-refractivity contribution in [2.75, 3.05) is 11.9 Å². The predicted octanol–water partition coefficient (Wildman–Crippen LogP) is 2.45. The first-order chi connectivity index (χ1) is 13.2. The molecule has 144 valence electrons. The van der Waals surface area contributed by atoms with Crippen molar-refractivity contribution in [1.29, 1.82) is 0 Å². The van der Waals surface area contributed by atoms with E-state index in [1.165, 1.54) is 0 Å². The zero-order valence-corrected chi connectivity index (χ0v) is 15.9. The Bertz CT molecular complexity index is 941. The summed E-state index contributed by atoms with van der Waals surface area (Å²) in [6, 6.07) is 12.9. The van der Waals surface area contributed by atoms with Gasteiger partial charge in [-0.15, -0.1) is 0 Å². The van der Waals surface area contributed by atoms with Crippen molar-refractivity contribution in [2.24, 2.45) is 0 Å². The minimum Gasteiger partial charge on any atom is -0.347 e. The molecule has 7 heteroatoms. The Morgan fingerprint density at radius 2 is 1.54 bits per heavy atom. The van der Waals surface area contributed by atoms with Crippen LogP contribution in [0.4, 0.5) is 5.69 Å². The number of hydrogen-bond donors (Lipinski definition) is 2. The van der Waals surface area contributed by atoms with Gasteiger partial charge in [0.25, 0.3) is 17.7 Å². The van der Waals surface area contributed by atoms with Gasteiger partial charge in [0.15, 0.2) is 0 Å². The molecule has 0 spiro atoms. The number of nitrogens with zero attached hydrogens (tertiary/aromatic N) is 1. The number of benzene rings is 2. The molecular formula is C21H21N3O4. The second-order valence-electron chi connectivity index (χ2n) is 7.58. The van der Waals surface area contributed by atoms with E-state index in [0.717, 1.165) is 4.90 Å². The molecule has 2 aromatic rings. The number of amides is 4. The lowest BCUT2D eigenvalue weighted by molar-refractivity contribution is -0.116. The molecule has 0 aliphatic carbocycles. The molecule has 3 rings (SSSR count). The molecule has 7 nitrogen and oxygen atoms in total. The first-order valence-electron chi connectivity index (χ1n) is 8.83. The average molecular weight is 379 g/mol. The van der Waals surface area contributed by atoms with Crippen molar-refractivity contribution in [3.8, 4) is 0 Å². The van der Waals surface area contributed by atoms with Gasteiger partial charge in [-0.25, -0.2) is 0 Å². The third-order valence-corrected chi connectivity index (χ3v) is 4.08. The molecular weight excluding hydrogens is 358 g/mol. The maximum atomic E-state index is 12.4. The summed E-state index contributed by atoms with van der Waals surface area (Å²) in [4.78, 5) is 50.2. The number of fused-ring (bicyclic) bond motifs is 1. The largest absolute Gasteiger partial charge is 0.347 e. The van der Waals surface area contributed by atoms with E-state index in [4.69, 9.17) is 0 Å². The Morgan fingerprint density at radius 3 is 2.11 bits per heavy atom. The molecule has 2 aromatic carbocycles. The molecule has 0 fully saturated rings. The van der Waals surface area contributed by atoms with Crippen molar-refractivity contribution in [1.82, 2.24) is 10.2 Å². The van der Waals surface area contributed by atoms with Gasteiger partial charge in [-0.1, -0.05) is 18.2 Å². The van der Waals surface area contributed by atoms with Gasteiger partial charge in [-0.2, -0.15) is 0 Å².